The van der Waals surface area contributed by atoms with E-state index in [2.05, 4.69) is 5.32 Å². The molecular weight excluding hydrogens is 566 g/mol. The predicted octanol–water partition coefficient (Wildman–Crippen LogP) is 5.68. The number of hydrogen-bond donors (Lipinski definition) is 1. The third-order valence-corrected chi connectivity index (χ3v) is 8.33. The molecule has 6 rings (SSSR count). The SMILES string of the molecule is O=C(CCCCCn1c(SCc2ccccc2Cl)nc2cc3c(cc2c1=O)OCO3)NCc1ccc2c(c1)OCO2. The zero-order valence-electron chi connectivity index (χ0n) is 22.2. The monoisotopic (exact) mass is 593 g/mol. The molecule has 0 aliphatic carbocycles. The van der Waals surface area contributed by atoms with E-state index in [-0.39, 0.29) is 25.1 Å². The van der Waals surface area contributed by atoms with Crippen LogP contribution in [0.3, 0.4) is 0 Å². The van der Waals surface area contributed by atoms with E-state index < -0.39 is 0 Å². The van der Waals surface area contributed by atoms with Gasteiger partial charge in [0.1, 0.15) is 0 Å². The first-order valence-corrected chi connectivity index (χ1v) is 14.8. The van der Waals surface area contributed by atoms with Gasteiger partial charge in [0.15, 0.2) is 28.2 Å². The number of benzene rings is 3. The smallest absolute Gasteiger partial charge is 0.262 e. The third-order valence-electron chi connectivity index (χ3n) is 6.94. The van der Waals surface area contributed by atoms with Crippen molar-refractivity contribution in [2.75, 3.05) is 13.6 Å². The molecule has 0 fully saturated rings. The Hall–Kier alpha value is -3.89. The van der Waals surface area contributed by atoms with Crippen LogP contribution in [0.5, 0.6) is 23.0 Å². The molecule has 3 heterocycles. The number of carbonyl (C=O) groups excluding carboxylic acids is 1. The van der Waals surface area contributed by atoms with Crippen molar-refractivity contribution >= 4 is 40.2 Å². The first-order chi connectivity index (χ1) is 20.0. The maximum absolute atomic E-state index is 13.6. The Morgan fingerprint density at radius 3 is 2.51 bits per heavy atom. The van der Waals surface area contributed by atoms with Crippen molar-refractivity contribution in [3.05, 3.63) is 81.1 Å². The fraction of sp³-hybridized carbons (Fsp3) is 0.300. The molecule has 1 amide bonds. The molecule has 0 unspecified atom stereocenters. The average molecular weight is 594 g/mol. The van der Waals surface area contributed by atoms with E-state index >= 15 is 0 Å². The second-order valence-corrected chi connectivity index (χ2v) is 11.1. The lowest BCUT2D eigenvalue weighted by atomic mass is 10.1. The molecule has 0 saturated heterocycles. The van der Waals surface area contributed by atoms with Gasteiger partial charge in [-0.05, 0) is 48.2 Å². The van der Waals surface area contributed by atoms with Crippen LogP contribution in [0.1, 0.15) is 36.8 Å². The summed E-state index contributed by atoms with van der Waals surface area (Å²) in [5, 5.41) is 4.73. The van der Waals surface area contributed by atoms with Crippen LogP contribution in [-0.4, -0.2) is 29.0 Å². The minimum atomic E-state index is -0.128. The Labute approximate surface area is 245 Å². The largest absolute Gasteiger partial charge is 0.454 e. The molecule has 0 radical (unpaired) electrons. The van der Waals surface area contributed by atoms with Crippen LogP contribution in [0.4, 0.5) is 0 Å². The number of nitrogens with zero attached hydrogens (tertiary/aromatic N) is 2. The second kappa shape index (κ2) is 12.3. The van der Waals surface area contributed by atoms with Crippen molar-refractivity contribution < 1.29 is 23.7 Å². The quantitative estimate of drug-likeness (QED) is 0.135. The summed E-state index contributed by atoms with van der Waals surface area (Å²) in [6.07, 6.45) is 2.64. The summed E-state index contributed by atoms with van der Waals surface area (Å²) in [4.78, 5) is 30.8. The van der Waals surface area contributed by atoms with Gasteiger partial charge in [-0.1, -0.05) is 54.0 Å². The van der Waals surface area contributed by atoms with Crippen molar-refractivity contribution in [3.8, 4) is 23.0 Å². The van der Waals surface area contributed by atoms with Gasteiger partial charge >= 0.3 is 0 Å². The van der Waals surface area contributed by atoms with Crippen LogP contribution in [0.2, 0.25) is 5.02 Å². The molecule has 3 aromatic carbocycles. The molecular formula is C30H28ClN3O6S. The maximum atomic E-state index is 13.6. The summed E-state index contributed by atoms with van der Waals surface area (Å²) in [6.45, 7) is 1.26. The summed E-state index contributed by atoms with van der Waals surface area (Å²) in [7, 11) is 0. The average Bonchev–Trinajstić information content (AvgIpc) is 3.64. The Balaban J connectivity index is 1.08. The first kappa shape index (κ1) is 27.3. The van der Waals surface area contributed by atoms with Gasteiger partial charge in [-0.25, -0.2) is 4.98 Å². The molecule has 4 aromatic rings. The summed E-state index contributed by atoms with van der Waals surface area (Å²) < 4.78 is 23.4. The van der Waals surface area contributed by atoms with E-state index in [0.29, 0.717) is 70.0 Å². The van der Waals surface area contributed by atoms with E-state index in [1.807, 2.05) is 42.5 Å². The molecule has 41 heavy (non-hydrogen) atoms. The highest BCUT2D eigenvalue weighted by Gasteiger charge is 2.19. The number of carbonyl (C=O) groups is 1. The van der Waals surface area contributed by atoms with Gasteiger partial charge in [-0.15, -0.1) is 0 Å². The maximum Gasteiger partial charge on any atom is 0.262 e. The van der Waals surface area contributed by atoms with Crippen molar-refractivity contribution in [1.82, 2.24) is 14.9 Å². The summed E-state index contributed by atoms with van der Waals surface area (Å²) in [5.41, 5.74) is 2.36. The lowest BCUT2D eigenvalue weighted by molar-refractivity contribution is -0.121. The number of aromatic nitrogens is 2. The van der Waals surface area contributed by atoms with Gasteiger partial charge in [0.25, 0.3) is 5.56 Å². The number of halogens is 1. The standard InChI is InChI=1S/C30H28ClN3O6S/c31-22-7-4-3-6-20(22)16-41-30-33-23-14-27-26(39-18-40-27)13-21(23)29(36)34(30)11-5-1-2-8-28(35)32-15-19-9-10-24-25(12-19)38-17-37-24/h3-4,6-7,9-10,12-14H,1-2,5,8,11,15-18H2,(H,32,35). The van der Waals surface area contributed by atoms with Gasteiger partial charge < -0.3 is 24.3 Å². The molecule has 2 aliphatic heterocycles. The van der Waals surface area contributed by atoms with Gasteiger partial charge in [-0.2, -0.15) is 0 Å². The van der Waals surface area contributed by atoms with E-state index in [1.54, 1.807) is 16.7 Å². The van der Waals surface area contributed by atoms with Gasteiger partial charge in [0.2, 0.25) is 19.5 Å². The lowest BCUT2D eigenvalue weighted by Gasteiger charge is -2.14. The molecule has 0 bridgehead atoms. The van der Waals surface area contributed by atoms with E-state index in [0.717, 1.165) is 29.7 Å². The lowest BCUT2D eigenvalue weighted by Crippen LogP contribution is -2.24. The number of amides is 1. The fourth-order valence-corrected chi connectivity index (χ4v) is 6.04. The first-order valence-electron chi connectivity index (χ1n) is 13.4. The van der Waals surface area contributed by atoms with Crippen LogP contribution in [0.15, 0.2) is 64.5 Å². The molecule has 0 atom stereocenters. The van der Waals surface area contributed by atoms with Gasteiger partial charge in [0.05, 0.1) is 10.9 Å². The zero-order chi connectivity index (χ0) is 28.2. The Morgan fingerprint density at radius 1 is 0.927 bits per heavy atom. The number of nitrogens with one attached hydrogen (secondary N) is 1. The van der Waals surface area contributed by atoms with Crippen molar-refractivity contribution in [3.63, 3.8) is 0 Å². The molecule has 2 aliphatic rings. The van der Waals surface area contributed by atoms with Crippen molar-refractivity contribution in [2.24, 2.45) is 0 Å². The van der Waals surface area contributed by atoms with Crippen molar-refractivity contribution in [2.45, 2.75) is 49.7 Å². The molecule has 212 valence electrons. The minimum Gasteiger partial charge on any atom is -0.454 e. The fourth-order valence-electron chi connectivity index (χ4n) is 4.73. The number of ether oxygens (including phenoxy) is 4. The van der Waals surface area contributed by atoms with E-state index in [1.165, 1.54) is 11.8 Å². The molecule has 1 N–H and O–H groups in total. The van der Waals surface area contributed by atoms with Gasteiger partial charge in [0, 0.05) is 36.4 Å². The molecule has 0 spiro atoms. The molecule has 0 saturated carbocycles. The van der Waals surface area contributed by atoms with Crippen LogP contribution < -0.4 is 29.8 Å². The minimum absolute atomic E-state index is 0.0146. The van der Waals surface area contributed by atoms with Crippen LogP contribution in [-0.2, 0) is 23.6 Å². The second-order valence-electron chi connectivity index (χ2n) is 9.73. The van der Waals surface area contributed by atoms with Gasteiger partial charge in [-0.3, -0.25) is 14.2 Å². The highest BCUT2D eigenvalue weighted by atomic mass is 35.5. The number of thioether (sulfide) groups is 1. The topological polar surface area (TPSA) is 101 Å². The summed E-state index contributed by atoms with van der Waals surface area (Å²) in [6, 6.07) is 16.8. The summed E-state index contributed by atoms with van der Waals surface area (Å²) in [5.74, 6) is 3.11. The zero-order valence-corrected chi connectivity index (χ0v) is 23.8. The van der Waals surface area contributed by atoms with Crippen LogP contribution >= 0.6 is 23.4 Å². The molecule has 1 aromatic heterocycles. The Morgan fingerprint density at radius 2 is 1.68 bits per heavy atom. The molecule has 9 nitrogen and oxygen atoms in total. The highest BCUT2D eigenvalue weighted by Crippen LogP contribution is 2.36. The normalized spacial score (nSPS) is 13.1. The van der Waals surface area contributed by atoms with E-state index in [4.69, 9.17) is 35.5 Å². The number of fused-ring (bicyclic) bond motifs is 3. The Kier molecular flexibility index (Phi) is 8.20. The van der Waals surface area contributed by atoms with Crippen LogP contribution in [0.25, 0.3) is 10.9 Å². The van der Waals surface area contributed by atoms with Crippen LogP contribution in [0, 0.1) is 0 Å². The number of rotatable bonds is 11. The third kappa shape index (κ3) is 6.23. The summed E-state index contributed by atoms with van der Waals surface area (Å²) >= 11 is 7.84. The van der Waals surface area contributed by atoms with E-state index in [9.17, 15) is 9.59 Å². The Bertz CT molecular complexity index is 1660. The number of hydrogen-bond acceptors (Lipinski definition) is 8. The van der Waals surface area contributed by atoms with Crippen molar-refractivity contribution in [1.29, 1.82) is 0 Å². The molecule has 11 heteroatoms. The predicted molar refractivity (Wildman–Crippen MR) is 156 cm³/mol. The highest BCUT2D eigenvalue weighted by molar-refractivity contribution is 7.98. The number of unbranched alkanes of at least 4 members (excludes halogenated alkanes) is 2.